The average molecular weight is 578 g/mol. The molecule has 0 saturated heterocycles. The number of nitrogens with one attached hydrogen (secondary N) is 4. The molecule has 1 heterocycles. The van der Waals surface area contributed by atoms with E-state index in [-0.39, 0.29) is 25.7 Å². The summed E-state index contributed by atoms with van der Waals surface area (Å²) in [7, 11) is 0. The first-order valence-corrected chi connectivity index (χ1v) is 13.8. The number of carboxylic acids is 1. The van der Waals surface area contributed by atoms with Gasteiger partial charge in [-0.05, 0) is 42.9 Å². The molecule has 40 heavy (non-hydrogen) atoms. The average Bonchev–Trinajstić information content (AvgIpc) is 3.30. The molecule has 2 aromatic rings. The topological polar surface area (TPSA) is 253 Å². The van der Waals surface area contributed by atoms with Crippen LogP contribution in [0.4, 0.5) is 0 Å². The van der Waals surface area contributed by atoms with E-state index in [2.05, 4.69) is 20.9 Å². The van der Waals surface area contributed by atoms with Gasteiger partial charge in [-0.25, -0.2) is 4.79 Å². The van der Waals surface area contributed by atoms with Gasteiger partial charge in [-0.15, -0.1) is 0 Å². The number of carbonyl (C=O) groups is 6. The van der Waals surface area contributed by atoms with Crippen molar-refractivity contribution in [3.05, 3.63) is 36.0 Å². The highest BCUT2D eigenvalue weighted by Crippen LogP contribution is 2.19. The first-order chi connectivity index (χ1) is 18.9. The van der Waals surface area contributed by atoms with E-state index in [9.17, 15) is 33.9 Å². The lowest BCUT2D eigenvalue weighted by Gasteiger charge is -2.24. The number of carbonyl (C=O) groups excluding carboxylic acids is 5. The van der Waals surface area contributed by atoms with Crippen molar-refractivity contribution in [2.24, 2.45) is 17.2 Å². The molecule has 4 unspecified atom stereocenters. The Hall–Kier alpha value is -4.11. The summed E-state index contributed by atoms with van der Waals surface area (Å²) in [5.74, 6) is -5.06. The first-order valence-electron chi connectivity index (χ1n) is 12.4. The number of thioether (sulfide) groups is 1. The molecule has 0 saturated carbocycles. The summed E-state index contributed by atoms with van der Waals surface area (Å²) in [5.41, 5.74) is 18.1. The number of primary amides is 2. The fourth-order valence-corrected chi connectivity index (χ4v) is 4.38. The molecule has 2 rings (SSSR count). The second-order valence-corrected chi connectivity index (χ2v) is 10.1. The summed E-state index contributed by atoms with van der Waals surface area (Å²) in [6, 6.07) is 2.39. The molecule has 15 heteroatoms. The van der Waals surface area contributed by atoms with E-state index in [1.165, 1.54) is 11.8 Å². The van der Waals surface area contributed by atoms with Gasteiger partial charge in [0.05, 0.1) is 12.5 Å². The Bertz CT molecular complexity index is 1240. The van der Waals surface area contributed by atoms with E-state index < -0.39 is 66.1 Å². The number of amides is 5. The Morgan fingerprint density at radius 1 is 0.900 bits per heavy atom. The Labute approximate surface area is 234 Å². The molecular weight excluding hydrogens is 542 g/mol. The van der Waals surface area contributed by atoms with Gasteiger partial charge in [0.2, 0.25) is 29.5 Å². The Morgan fingerprint density at radius 3 is 2.15 bits per heavy atom. The molecule has 0 bridgehead atoms. The summed E-state index contributed by atoms with van der Waals surface area (Å²) in [6.45, 7) is 0. The van der Waals surface area contributed by atoms with Crippen molar-refractivity contribution in [1.82, 2.24) is 20.9 Å². The molecule has 218 valence electrons. The number of rotatable bonds is 17. The standard InChI is InChI=1S/C25H35N7O7S/c1-40-9-8-17(30-22(35)15(26)10-13-12-29-16-5-3-2-4-14(13)16)23(36)32-19(11-21(28)34)24(37)31-18(25(38)39)6-7-20(27)33/h2-5,12,15,17-19,29H,6-11,26H2,1H3,(H2,27,33)(H2,28,34)(H,30,35)(H,31,37)(H,32,36)(H,38,39). The Kier molecular flexibility index (Phi) is 12.4. The largest absolute Gasteiger partial charge is 0.480 e. The lowest BCUT2D eigenvalue weighted by molar-refractivity contribution is -0.142. The van der Waals surface area contributed by atoms with Crippen LogP contribution in [-0.4, -0.2) is 81.8 Å². The molecule has 1 aromatic heterocycles. The quantitative estimate of drug-likeness (QED) is 0.108. The van der Waals surface area contributed by atoms with Gasteiger partial charge in [0.1, 0.15) is 18.1 Å². The van der Waals surface area contributed by atoms with Gasteiger partial charge >= 0.3 is 5.97 Å². The third-order valence-electron chi connectivity index (χ3n) is 6.03. The number of aromatic amines is 1. The van der Waals surface area contributed by atoms with E-state index in [1.54, 1.807) is 12.5 Å². The van der Waals surface area contributed by atoms with E-state index in [0.717, 1.165) is 16.5 Å². The van der Waals surface area contributed by atoms with E-state index in [1.807, 2.05) is 24.3 Å². The summed E-state index contributed by atoms with van der Waals surface area (Å²) in [4.78, 5) is 76.1. The molecule has 0 aliphatic heterocycles. The van der Waals surface area contributed by atoms with Crippen LogP contribution in [0.5, 0.6) is 0 Å². The highest BCUT2D eigenvalue weighted by molar-refractivity contribution is 7.98. The number of para-hydroxylation sites is 1. The van der Waals surface area contributed by atoms with Gasteiger partial charge in [0, 0.05) is 23.5 Å². The maximum Gasteiger partial charge on any atom is 0.326 e. The third-order valence-corrected chi connectivity index (χ3v) is 6.67. The van der Waals surface area contributed by atoms with E-state index >= 15 is 0 Å². The molecule has 0 spiro atoms. The number of aliphatic carboxylic acids is 1. The minimum Gasteiger partial charge on any atom is -0.480 e. The maximum atomic E-state index is 13.1. The molecule has 11 N–H and O–H groups in total. The fraction of sp³-hybridized carbons (Fsp3) is 0.440. The van der Waals surface area contributed by atoms with Gasteiger partial charge in [-0.1, -0.05) is 18.2 Å². The zero-order chi connectivity index (χ0) is 29.8. The fourth-order valence-electron chi connectivity index (χ4n) is 3.91. The lowest BCUT2D eigenvalue weighted by atomic mass is 10.0. The van der Waals surface area contributed by atoms with Crippen molar-refractivity contribution in [3.63, 3.8) is 0 Å². The lowest BCUT2D eigenvalue weighted by Crippen LogP contribution is -2.58. The Balaban J connectivity index is 2.12. The predicted molar refractivity (Wildman–Crippen MR) is 149 cm³/mol. The van der Waals surface area contributed by atoms with Crippen molar-refractivity contribution < 1.29 is 33.9 Å². The molecule has 0 aliphatic rings. The van der Waals surface area contributed by atoms with Crippen LogP contribution >= 0.6 is 11.8 Å². The second-order valence-electron chi connectivity index (χ2n) is 9.15. The zero-order valence-electron chi connectivity index (χ0n) is 22.0. The molecule has 4 atom stereocenters. The van der Waals surface area contributed by atoms with E-state index in [4.69, 9.17) is 17.2 Å². The summed E-state index contributed by atoms with van der Waals surface area (Å²) in [5, 5.41) is 17.4. The summed E-state index contributed by atoms with van der Waals surface area (Å²) >= 11 is 1.42. The Morgan fingerprint density at radius 2 is 1.52 bits per heavy atom. The van der Waals surface area contributed by atoms with E-state index in [0.29, 0.717) is 5.75 Å². The molecule has 5 amide bonds. The van der Waals surface area contributed by atoms with Crippen LogP contribution in [0.3, 0.4) is 0 Å². The predicted octanol–water partition coefficient (Wildman–Crippen LogP) is -1.53. The summed E-state index contributed by atoms with van der Waals surface area (Å²) < 4.78 is 0. The minimum atomic E-state index is -1.53. The first kappa shape index (κ1) is 32.1. The van der Waals surface area contributed by atoms with Crippen LogP contribution in [0.15, 0.2) is 30.5 Å². The second kappa shape index (κ2) is 15.5. The highest BCUT2D eigenvalue weighted by Gasteiger charge is 2.31. The molecule has 0 radical (unpaired) electrons. The number of hydrogen-bond donors (Lipinski definition) is 8. The van der Waals surface area contributed by atoms with Gasteiger partial charge in [0.15, 0.2) is 0 Å². The van der Waals surface area contributed by atoms with Crippen LogP contribution in [0, 0.1) is 0 Å². The zero-order valence-corrected chi connectivity index (χ0v) is 22.8. The number of fused-ring (bicyclic) bond motifs is 1. The van der Waals surface area contributed by atoms with Crippen LogP contribution in [0.1, 0.15) is 31.2 Å². The van der Waals surface area contributed by atoms with Crippen molar-refractivity contribution >= 4 is 58.2 Å². The minimum absolute atomic E-state index is 0.180. The number of hydrogen-bond acceptors (Lipinski definition) is 8. The number of nitrogens with two attached hydrogens (primary N) is 3. The van der Waals surface area contributed by atoms with Crippen molar-refractivity contribution in [1.29, 1.82) is 0 Å². The monoisotopic (exact) mass is 577 g/mol. The van der Waals surface area contributed by atoms with Gasteiger partial charge < -0.3 is 43.2 Å². The number of H-pyrrole nitrogens is 1. The van der Waals surface area contributed by atoms with Gasteiger partial charge in [-0.2, -0.15) is 11.8 Å². The molecule has 0 aliphatic carbocycles. The molecule has 1 aromatic carbocycles. The smallest absolute Gasteiger partial charge is 0.326 e. The van der Waals surface area contributed by atoms with Gasteiger partial charge in [-0.3, -0.25) is 24.0 Å². The SMILES string of the molecule is CSCCC(NC(=O)C(N)Cc1c[nH]c2ccccc12)C(=O)NC(CC(N)=O)C(=O)NC(CCC(N)=O)C(=O)O. The van der Waals surface area contributed by atoms with Crippen LogP contribution in [-0.2, 0) is 35.2 Å². The van der Waals surface area contributed by atoms with Crippen molar-refractivity contribution in [3.8, 4) is 0 Å². The van der Waals surface area contributed by atoms with Crippen LogP contribution in [0.25, 0.3) is 10.9 Å². The van der Waals surface area contributed by atoms with Crippen molar-refractivity contribution in [2.75, 3.05) is 12.0 Å². The van der Waals surface area contributed by atoms with Gasteiger partial charge in [0.25, 0.3) is 0 Å². The number of aromatic nitrogens is 1. The number of carboxylic acid groups (broad SMARTS) is 1. The molecule has 0 fully saturated rings. The molecular formula is C25H35N7O7S. The third kappa shape index (κ3) is 9.89. The van der Waals surface area contributed by atoms with Crippen LogP contribution < -0.4 is 33.2 Å². The maximum absolute atomic E-state index is 13.1. The molecule has 14 nitrogen and oxygen atoms in total. The number of benzene rings is 1. The normalized spacial score (nSPS) is 13.9. The summed E-state index contributed by atoms with van der Waals surface area (Å²) in [6.07, 6.45) is 2.70. The van der Waals surface area contributed by atoms with Crippen molar-refractivity contribution in [2.45, 2.75) is 56.3 Å². The van der Waals surface area contributed by atoms with Crippen LogP contribution in [0.2, 0.25) is 0 Å². The highest BCUT2D eigenvalue weighted by atomic mass is 32.2.